The molecule has 372 valence electrons. The van der Waals surface area contributed by atoms with Crippen LogP contribution < -0.4 is 0 Å². The van der Waals surface area contributed by atoms with Crippen molar-refractivity contribution in [3.8, 4) is 0 Å². The molecule has 0 aliphatic carbocycles. The largest absolute Gasteiger partial charge is 0.462 e. The lowest BCUT2D eigenvalue weighted by atomic mass is 10.1. The Bertz CT molecular complexity index is 1270. The van der Waals surface area contributed by atoms with Crippen LogP contribution in [-0.4, -0.2) is 37.2 Å². The zero-order valence-electron chi connectivity index (χ0n) is 42.5. The molecule has 0 aromatic heterocycles. The van der Waals surface area contributed by atoms with Crippen LogP contribution >= 0.6 is 0 Å². The molecule has 0 saturated heterocycles. The summed E-state index contributed by atoms with van der Waals surface area (Å²) in [6.45, 7) is 6.48. The molecule has 65 heavy (non-hydrogen) atoms. The lowest BCUT2D eigenvalue weighted by Crippen LogP contribution is -2.30. The van der Waals surface area contributed by atoms with Gasteiger partial charge >= 0.3 is 17.9 Å². The second kappa shape index (κ2) is 53.2. The molecule has 6 heteroatoms. The lowest BCUT2D eigenvalue weighted by molar-refractivity contribution is -0.167. The van der Waals surface area contributed by atoms with Crippen LogP contribution in [0.4, 0.5) is 0 Å². The number of allylic oxidation sites excluding steroid dienone is 14. The molecule has 1 atom stereocenters. The summed E-state index contributed by atoms with van der Waals surface area (Å²) in [7, 11) is 0. The molecule has 0 spiro atoms. The number of rotatable bonds is 48. The summed E-state index contributed by atoms with van der Waals surface area (Å²) in [4.78, 5) is 37.9. The van der Waals surface area contributed by atoms with Crippen molar-refractivity contribution in [3.05, 3.63) is 85.1 Å². The quantitative estimate of drug-likeness (QED) is 0.0262. The molecule has 0 bridgehead atoms. The summed E-state index contributed by atoms with van der Waals surface area (Å²) < 4.78 is 16.7. The van der Waals surface area contributed by atoms with Crippen molar-refractivity contribution >= 4 is 17.9 Å². The van der Waals surface area contributed by atoms with Gasteiger partial charge in [0.05, 0.1) is 0 Å². The van der Waals surface area contributed by atoms with Crippen LogP contribution in [0.1, 0.15) is 252 Å². The van der Waals surface area contributed by atoms with Gasteiger partial charge in [-0.25, -0.2) is 0 Å². The molecule has 6 nitrogen and oxygen atoms in total. The summed E-state index contributed by atoms with van der Waals surface area (Å²) in [6.07, 6.45) is 68.6. The summed E-state index contributed by atoms with van der Waals surface area (Å²) in [5, 5.41) is 0. The van der Waals surface area contributed by atoms with Gasteiger partial charge in [-0.2, -0.15) is 0 Å². The molecule has 0 N–H and O–H groups in total. The lowest BCUT2D eigenvalue weighted by Gasteiger charge is -2.18. The Balaban J connectivity index is 4.25. The van der Waals surface area contributed by atoms with Gasteiger partial charge in [-0.15, -0.1) is 0 Å². The molecule has 0 aliphatic rings. The predicted molar refractivity (Wildman–Crippen MR) is 279 cm³/mol. The SMILES string of the molecule is CC/C=C\C/C=C\C/C=C\C/C=C\C/C=C\C/C=C\C/C=C\CCCCCCCC(=O)OCC(COC(=O)CCCCCCCCCCCC)OC(=O)CCCCCCCCCCCC. The van der Waals surface area contributed by atoms with Crippen molar-refractivity contribution in [3.63, 3.8) is 0 Å². The fraction of sp³-hybridized carbons (Fsp3) is 0.712. The van der Waals surface area contributed by atoms with Crippen molar-refractivity contribution in [1.29, 1.82) is 0 Å². The van der Waals surface area contributed by atoms with E-state index in [2.05, 4.69) is 106 Å². The van der Waals surface area contributed by atoms with E-state index in [4.69, 9.17) is 14.2 Å². The maximum Gasteiger partial charge on any atom is 0.306 e. The zero-order valence-corrected chi connectivity index (χ0v) is 42.5. The average Bonchev–Trinajstić information content (AvgIpc) is 3.30. The van der Waals surface area contributed by atoms with Gasteiger partial charge < -0.3 is 14.2 Å². The normalized spacial score (nSPS) is 12.7. The van der Waals surface area contributed by atoms with Crippen molar-refractivity contribution in [2.75, 3.05) is 13.2 Å². The monoisotopic (exact) mass is 905 g/mol. The molecule has 0 rings (SSSR count). The van der Waals surface area contributed by atoms with Crippen LogP contribution in [0, 0.1) is 0 Å². The van der Waals surface area contributed by atoms with Gasteiger partial charge in [0.25, 0.3) is 0 Å². The number of hydrogen-bond donors (Lipinski definition) is 0. The number of ether oxygens (including phenoxy) is 3. The highest BCUT2D eigenvalue weighted by Crippen LogP contribution is 2.15. The topological polar surface area (TPSA) is 78.9 Å². The Morgan fingerprint density at radius 2 is 0.600 bits per heavy atom. The van der Waals surface area contributed by atoms with Crippen molar-refractivity contribution < 1.29 is 28.6 Å². The van der Waals surface area contributed by atoms with E-state index >= 15 is 0 Å². The third kappa shape index (κ3) is 51.4. The summed E-state index contributed by atoms with van der Waals surface area (Å²) >= 11 is 0. The zero-order chi connectivity index (χ0) is 47.2. The van der Waals surface area contributed by atoms with Gasteiger partial charge in [0.2, 0.25) is 0 Å². The van der Waals surface area contributed by atoms with Crippen LogP contribution in [0.2, 0.25) is 0 Å². The smallest absolute Gasteiger partial charge is 0.306 e. The summed E-state index contributed by atoms with van der Waals surface area (Å²) in [5.74, 6) is -0.901. The molecule has 0 fully saturated rings. The van der Waals surface area contributed by atoms with E-state index in [1.165, 1.54) is 89.9 Å². The van der Waals surface area contributed by atoms with Crippen molar-refractivity contribution in [2.24, 2.45) is 0 Å². The highest BCUT2D eigenvalue weighted by Gasteiger charge is 2.19. The van der Waals surface area contributed by atoms with E-state index in [1.807, 2.05) is 0 Å². The highest BCUT2D eigenvalue weighted by atomic mass is 16.6. The Morgan fingerprint density at radius 3 is 0.938 bits per heavy atom. The van der Waals surface area contributed by atoms with Crippen LogP contribution in [0.15, 0.2) is 85.1 Å². The minimum absolute atomic E-state index is 0.0799. The molecule has 0 aromatic rings. The Kier molecular flexibility index (Phi) is 50.4. The number of unbranched alkanes of at least 4 members (excludes halogenated alkanes) is 23. The average molecular weight is 905 g/mol. The molecular formula is C59H100O6. The number of esters is 3. The standard InChI is InChI=1S/C59H100O6/c1-4-7-10-13-16-19-22-23-24-25-26-27-28-29-30-31-32-33-34-35-36-37-38-41-43-46-49-52-58(61)64-55-56(65-59(62)53-50-47-44-40-21-18-15-12-9-6-3)54-63-57(60)51-48-45-42-39-20-17-14-11-8-5-2/h7,10,16,19,23-24,26-27,29-30,32-33,35-36,56H,4-6,8-9,11-15,17-18,20-22,25,28,31,34,37-55H2,1-3H3/b10-7-,19-16-,24-23-,27-26-,30-29-,33-32-,36-35-. The third-order valence-electron chi connectivity index (χ3n) is 11.4. The predicted octanol–water partition coefficient (Wildman–Crippen LogP) is 18.0. The van der Waals surface area contributed by atoms with Gasteiger partial charge in [0.1, 0.15) is 13.2 Å². The first-order valence-electron chi connectivity index (χ1n) is 27.1. The van der Waals surface area contributed by atoms with E-state index < -0.39 is 6.10 Å². The van der Waals surface area contributed by atoms with Gasteiger partial charge in [-0.3, -0.25) is 14.4 Å². The van der Waals surface area contributed by atoms with E-state index in [-0.39, 0.29) is 31.1 Å². The Labute approximate surface area is 401 Å². The molecule has 1 unspecified atom stereocenters. The van der Waals surface area contributed by atoms with Crippen LogP contribution in [-0.2, 0) is 28.6 Å². The number of hydrogen-bond acceptors (Lipinski definition) is 6. The van der Waals surface area contributed by atoms with E-state index in [0.717, 1.165) is 122 Å². The number of carbonyl (C=O) groups is 3. The van der Waals surface area contributed by atoms with E-state index in [0.29, 0.717) is 19.3 Å². The molecule has 0 heterocycles. The van der Waals surface area contributed by atoms with Crippen LogP contribution in [0.3, 0.4) is 0 Å². The first kappa shape index (κ1) is 61.6. The minimum Gasteiger partial charge on any atom is -0.462 e. The fourth-order valence-corrected chi connectivity index (χ4v) is 7.36. The molecule has 0 aliphatic heterocycles. The second-order valence-electron chi connectivity index (χ2n) is 17.8. The Morgan fingerprint density at radius 1 is 0.323 bits per heavy atom. The first-order chi connectivity index (χ1) is 32.0. The molecule has 0 radical (unpaired) electrons. The molecule has 0 aromatic carbocycles. The van der Waals surface area contributed by atoms with E-state index in [1.54, 1.807) is 0 Å². The highest BCUT2D eigenvalue weighted by molar-refractivity contribution is 5.71. The van der Waals surface area contributed by atoms with E-state index in [9.17, 15) is 14.4 Å². The summed E-state index contributed by atoms with van der Waals surface area (Å²) in [5.41, 5.74) is 0. The van der Waals surface area contributed by atoms with Gasteiger partial charge in [0, 0.05) is 19.3 Å². The fourth-order valence-electron chi connectivity index (χ4n) is 7.36. The van der Waals surface area contributed by atoms with Gasteiger partial charge in [-0.05, 0) is 77.0 Å². The van der Waals surface area contributed by atoms with Crippen LogP contribution in [0.5, 0.6) is 0 Å². The summed E-state index contributed by atoms with van der Waals surface area (Å²) in [6, 6.07) is 0. The van der Waals surface area contributed by atoms with Crippen LogP contribution in [0.25, 0.3) is 0 Å². The third-order valence-corrected chi connectivity index (χ3v) is 11.4. The van der Waals surface area contributed by atoms with Crippen molar-refractivity contribution in [1.82, 2.24) is 0 Å². The molecule has 0 amide bonds. The number of carbonyl (C=O) groups excluding carboxylic acids is 3. The van der Waals surface area contributed by atoms with Gasteiger partial charge in [0.15, 0.2) is 6.10 Å². The minimum atomic E-state index is -0.779. The molecular weight excluding hydrogens is 805 g/mol. The first-order valence-corrected chi connectivity index (χ1v) is 27.1. The van der Waals surface area contributed by atoms with Crippen molar-refractivity contribution in [2.45, 2.75) is 258 Å². The van der Waals surface area contributed by atoms with Gasteiger partial charge in [-0.1, -0.05) is 241 Å². The maximum absolute atomic E-state index is 12.7. The molecule has 0 saturated carbocycles. The second-order valence-corrected chi connectivity index (χ2v) is 17.8. The maximum atomic E-state index is 12.7. The Hall–Kier alpha value is -3.41.